The van der Waals surface area contributed by atoms with Crippen LogP contribution in [-0.4, -0.2) is 87.2 Å². The number of rotatable bonds is 24. The Morgan fingerprint density at radius 2 is 0.789 bits per heavy atom. The lowest BCUT2D eigenvalue weighted by atomic mass is 9.76. The van der Waals surface area contributed by atoms with E-state index < -0.39 is 0 Å². The molecule has 0 aromatic heterocycles. The number of ether oxygens (including phenoxy) is 7. The molecule has 13 fully saturated rings. The largest absolute Gasteiger partial charge is 0.462 e. The molecule has 14 rings (SSSR count). The zero-order valence-corrected chi connectivity index (χ0v) is 76.0. The molecule has 0 saturated heterocycles. The maximum Gasteiger partial charge on any atom is 0.311 e. The van der Waals surface area contributed by atoms with Crippen LogP contribution in [0, 0.1) is 171 Å². The molecule has 650 valence electrons. The Balaban J connectivity index is 0.000000202. The first-order valence-electron chi connectivity index (χ1n) is 46.6. The molecule has 0 amide bonds. The summed E-state index contributed by atoms with van der Waals surface area (Å²) in [6.45, 7) is 58.4. The molecule has 0 heterocycles. The van der Waals surface area contributed by atoms with Crippen LogP contribution in [0.25, 0.3) is 0 Å². The quantitative estimate of drug-likeness (QED) is 0.0509. The first-order chi connectivity index (χ1) is 54.2. The fraction of sp³-hybridized carbons (Fsp3) is 0.822. The summed E-state index contributed by atoms with van der Waals surface area (Å²) in [5, 5.41) is 0. The molecule has 31 unspecified atom stereocenters. The zero-order chi connectivity index (χ0) is 84.5. The number of fused-ring (bicyclic) bond motifs is 19. The van der Waals surface area contributed by atoms with E-state index in [4.69, 9.17) is 33.2 Å². The van der Waals surface area contributed by atoms with Crippen molar-refractivity contribution in [2.75, 3.05) is 26.9 Å². The molecule has 0 aromatic carbocycles. The molecule has 0 radical (unpaired) electrons. The van der Waals surface area contributed by atoms with Gasteiger partial charge in [0.25, 0.3) is 0 Å². The van der Waals surface area contributed by atoms with E-state index >= 15 is 0 Å². The van der Waals surface area contributed by atoms with Crippen LogP contribution >= 0.6 is 0 Å². The first-order valence-corrected chi connectivity index (χ1v) is 46.6. The van der Waals surface area contributed by atoms with E-state index in [1.165, 1.54) is 109 Å². The Bertz CT molecular complexity index is 2910. The van der Waals surface area contributed by atoms with Gasteiger partial charge >= 0.3 is 35.8 Å². The number of carbonyl (C=O) groups is 6. The van der Waals surface area contributed by atoms with Gasteiger partial charge < -0.3 is 33.2 Å². The van der Waals surface area contributed by atoms with E-state index in [-0.39, 0.29) is 88.6 Å². The summed E-state index contributed by atoms with van der Waals surface area (Å²) >= 11 is 0. The third-order valence-corrected chi connectivity index (χ3v) is 32.3. The van der Waals surface area contributed by atoms with Crippen molar-refractivity contribution in [3.8, 4) is 0 Å². The van der Waals surface area contributed by atoms with E-state index in [0.717, 1.165) is 164 Å². The van der Waals surface area contributed by atoms with Crippen LogP contribution in [0.1, 0.15) is 305 Å². The van der Waals surface area contributed by atoms with Crippen molar-refractivity contribution in [1.82, 2.24) is 0 Å². The summed E-state index contributed by atoms with van der Waals surface area (Å²) in [4.78, 5) is 68.8. The highest BCUT2D eigenvalue weighted by atomic mass is 16.6. The van der Waals surface area contributed by atoms with Crippen molar-refractivity contribution < 1.29 is 61.9 Å². The van der Waals surface area contributed by atoms with E-state index in [9.17, 15) is 28.8 Å². The van der Waals surface area contributed by atoms with Gasteiger partial charge in [-0.3, -0.25) is 28.8 Å². The SMILES string of the molecule is C=CC1CC2CC1C(C)C2C.C=CC1CCC(C)C(OC)C1.C=CCOC(=O)C(C)(C)CC.C=CCOC(=O)C(C)(C)CC.C=CCOC(=O)C(C)CC.CC1C2CCC(C2)C1C.CCC(C)C(=O)OC1CC2CC1C1C=CCC21.CCC(C)C(=O)OC1CC2CC1C1CCCC21.CCC(C)C(=O)OC1CC2CC1C1CCCC21. The van der Waals surface area contributed by atoms with Crippen molar-refractivity contribution in [1.29, 1.82) is 0 Å². The second-order valence-corrected chi connectivity index (χ2v) is 39.6. The number of carbonyl (C=O) groups excluding carboxylic acids is 6. The van der Waals surface area contributed by atoms with Crippen LogP contribution in [-0.2, 0) is 61.9 Å². The Labute approximate surface area is 696 Å². The number of allylic oxidation sites excluding steroid dienone is 4. The fourth-order valence-corrected chi connectivity index (χ4v) is 22.6. The molecule has 13 heteroatoms. The van der Waals surface area contributed by atoms with Gasteiger partial charge in [-0.15, -0.1) is 13.2 Å². The molecule has 114 heavy (non-hydrogen) atoms. The summed E-state index contributed by atoms with van der Waals surface area (Å²) < 4.78 is 37.2. The second-order valence-electron chi connectivity index (χ2n) is 39.6. The van der Waals surface area contributed by atoms with E-state index in [1.54, 1.807) is 24.6 Å². The van der Waals surface area contributed by atoms with Crippen molar-refractivity contribution in [3.05, 3.63) is 75.4 Å². The fourth-order valence-electron chi connectivity index (χ4n) is 22.6. The molecule has 13 saturated carbocycles. The maximum absolute atomic E-state index is 11.9. The lowest BCUT2D eigenvalue weighted by Gasteiger charge is -2.31. The molecular formula is C101H168O13. The topological polar surface area (TPSA) is 167 Å². The predicted octanol–water partition coefficient (Wildman–Crippen LogP) is 24.5. The number of methoxy groups -OCH3 is 1. The standard InChI is InChI=1S/2C15H24O2.C15H22O2.C11H18.C10H18O.2C9H16O2.C9H16.C8H14O2/c3*1-3-9(2)15(16)17-14-8-10-7-13(14)12-6-4-5-11(10)12;1-4-9-5-10-6-11(9)8(3)7(10)2;1-4-9-6-5-8(2)10(7-9)11-3;2*1-5-7-11-8(10)9(3,4)6-2;1-6-7(2)9-4-3-8(6)5-9;1-4-6-10-8(9)7(3)5-2/h2*9-14H,3-8H2,1-2H3;4,6,9-14H,3,5,7-8H2,1-2H3;4,7-11H,1,5-6H2,2-3H3;4,8-10H,1,5-7H2,2-3H3;2*5H,1,6-7H2,2-4H3;6-9H,3-5H2,1-2H3;4,7H,1,5-6H2,2-3H3. The van der Waals surface area contributed by atoms with Gasteiger partial charge in [-0.1, -0.05) is 179 Å². The molecule has 31 atom stereocenters. The number of esters is 6. The van der Waals surface area contributed by atoms with Gasteiger partial charge in [-0.25, -0.2) is 0 Å². The number of hydrogen-bond acceptors (Lipinski definition) is 13. The third kappa shape index (κ3) is 26.1. The van der Waals surface area contributed by atoms with Gasteiger partial charge in [-0.2, -0.15) is 0 Å². The normalized spacial score (nSPS) is 36.5. The molecule has 13 nitrogen and oxygen atoms in total. The number of hydrogen-bond donors (Lipinski definition) is 0. The molecule has 0 N–H and O–H groups in total. The Morgan fingerprint density at radius 1 is 0.395 bits per heavy atom. The van der Waals surface area contributed by atoms with Gasteiger partial charge in [0.15, 0.2) is 0 Å². The monoisotopic (exact) mass is 1590 g/mol. The van der Waals surface area contributed by atoms with Gasteiger partial charge in [0.1, 0.15) is 38.1 Å². The maximum atomic E-state index is 11.9. The lowest BCUT2D eigenvalue weighted by Crippen LogP contribution is -2.33. The van der Waals surface area contributed by atoms with Crippen LogP contribution in [0.2, 0.25) is 0 Å². The van der Waals surface area contributed by atoms with Gasteiger partial charge in [0.2, 0.25) is 0 Å². The molecule has 10 bridgehead atoms. The molecule has 0 spiro atoms. The van der Waals surface area contributed by atoms with Crippen molar-refractivity contribution in [2.24, 2.45) is 171 Å². The van der Waals surface area contributed by atoms with E-state index in [0.29, 0.717) is 55.5 Å². The summed E-state index contributed by atoms with van der Waals surface area (Å²) in [7, 11) is 1.81. The average Bonchev–Trinajstić information content (AvgIpc) is 1.61. The molecule has 14 aliphatic rings. The highest BCUT2D eigenvalue weighted by Gasteiger charge is 2.58. The summed E-state index contributed by atoms with van der Waals surface area (Å²) in [6.07, 6.45) is 48.4. The average molecular weight is 1590 g/mol. The Morgan fingerprint density at radius 3 is 1.17 bits per heavy atom. The van der Waals surface area contributed by atoms with E-state index in [2.05, 4.69) is 106 Å². The lowest BCUT2D eigenvalue weighted by molar-refractivity contribution is -0.158. The van der Waals surface area contributed by atoms with Gasteiger partial charge in [0.05, 0.1) is 40.6 Å². The molecule has 0 aliphatic heterocycles. The van der Waals surface area contributed by atoms with Gasteiger partial charge in [0, 0.05) is 13.0 Å². The zero-order valence-electron chi connectivity index (χ0n) is 76.0. The minimum Gasteiger partial charge on any atom is -0.462 e. The van der Waals surface area contributed by atoms with Crippen molar-refractivity contribution in [2.45, 2.75) is 329 Å². The molecule has 14 aliphatic carbocycles. The van der Waals surface area contributed by atoms with Crippen LogP contribution in [0.4, 0.5) is 0 Å². The summed E-state index contributed by atoms with van der Waals surface area (Å²) in [6, 6.07) is 0. The summed E-state index contributed by atoms with van der Waals surface area (Å²) in [5.74, 6) is 20.4. The van der Waals surface area contributed by atoms with Crippen LogP contribution in [0.5, 0.6) is 0 Å². The highest BCUT2D eigenvalue weighted by Crippen LogP contribution is 2.62. The smallest absolute Gasteiger partial charge is 0.311 e. The minimum absolute atomic E-state index is 0.0138. The molecule has 0 aromatic rings. The van der Waals surface area contributed by atoms with Crippen LogP contribution < -0.4 is 0 Å². The third-order valence-electron chi connectivity index (χ3n) is 32.3. The Hall–Kier alpha value is -4.78. The minimum atomic E-state index is -0.358. The highest BCUT2D eigenvalue weighted by molar-refractivity contribution is 5.76. The van der Waals surface area contributed by atoms with Crippen LogP contribution in [0.15, 0.2) is 75.4 Å². The van der Waals surface area contributed by atoms with Crippen molar-refractivity contribution in [3.63, 3.8) is 0 Å². The van der Waals surface area contributed by atoms with E-state index in [1.807, 2.05) is 90.2 Å². The first kappa shape index (κ1) is 98.0. The van der Waals surface area contributed by atoms with Crippen LogP contribution in [0.3, 0.4) is 0 Å². The second kappa shape index (κ2) is 47.3. The summed E-state index contributed by atoms with van der Waals surface area (Å²) in [5.41, 5.74) is -0.716. The van der Waals surface area contributed by atoms with Gasteiger partial charge in [-0.05, 0) is 318 Å². The molecular weight excluding hydrogens is 1420 g/mol. The Kier molecular flexibility index (Phi) is 40.7. The predicted molar refractivity (Wildman–Crippen MR) is 465 cm³/mol. The van der Waals surface area contributed by atoms with Crippen molar-refractivity contribution >= 4 is 35.8 Å².